The van der Waals surface area contributed by atoms with E-state index in [1.807, 2.05) is 0 Å². The Kier molecular flexibility index (Phi) is 5.95. The third kappa shape index (κ3) is 3.34. The largest absolute Gasteiger partial charge is 0.461 e. The maximum atomic E-state index is 14.4. The van der Waals surface area contributed by atoms with E-state index in [9.17, 15) is 39.2 Å². The van der Waals surface area contributed by atoms with E-state index in [1.165, 1.54) is 31.5 Å². The zero-order valence-corrected chi connectivity index (χ0v) is 17.7. The number of aryl methyl sites for hydroxylation is 1. The molecule has 0 saturated carbocycles. The Bertz CT molecular complexity index is 932. The molecule has 12 heteroatoms. The topological polar surface area (TPSA) is 34.1 Å². The Morgan fingerprint density at radius 3 is 1.79 bits per heavy atom. The third-order valence-corrected chi connectivity index (χ3v) is 7.24. The second kappa shape index (κ2) is 7.12. The minimum atomic E-state index is -6.82. The van der Waals surface area contributed by atoms with Gasteiger partial charge in [0, 0.05) is 15.4 Å². The Morgan fingerprint density at radius 1 is 0.893 bits per heavy atom. The van der Waals surface area contributed by atoms with E-state index in [1.54, 1.807) is 0 Å². The molecule has 1 aliphatic carbocycles. The highest BCUT2D eigenvalue weighted by Gasteiger charge is 2.81. The van der Waals surface area contributed by atoms with E-state index in [4.69, 9.17) is 0 Å². The van der Waals surface area contributed by atoms with Crippen LogP contribution in [0.1, 0.15) is 11.1 Å². The highest BCUT2D eigenvalue weighted by atomic mass is 79.9. The van der Waals surface area contributed by atoms with Crippen LogP contribution in [-0.4, -0.2) is 25.8 Å². The van der Waals surface area contributed by atoms with Crippen LogP contribution in [0.4, 0.5) is 30.7 Å². The van der Waals surface area contributed by atoms with Gasteiger partial charge in [-0.3, -0.25) is 0 Å². The van der Waals surface area contributed by atoms with Gasteiger partial charge in [-0.05, 0) is 30.2 Å². The van der Waals surface area contributed by atoms with Gasteiger partial charge >= 0.3 is 17.4 Å². The molecule has 1 aliphatic rings. The number of alkyl halides is 7. The van der Waals surface area contributed by atoms with Gasteiger partial charge in [-0.15, -0.1) is 0 Å². The second-order valence-electron chi connectivity index (χ2n) is 5.90. The average Bonchev–Trinajstić information content (AvgIpc) is 2.52. The molecule has 0 amide bonds. The lowest BCUT2D eigenvalue weighted by atomic mass is 9.90. The van der Waals surface area contributed by atoms with Crippen molar-refractivity contribution in [1.82, 2.24) is 0 Å². The van der Waals surface area contributed by atoms with Crippen molar-refractivity contribution in [3.8, 4) is 0 Å². The zero-order valence-electron chi connectivity index (χ0n) is 13.7. The van der Waals surface area contributed by atoms with Crippen molar-refractivity contribution in [2.75, 3.05) is 0 Å². The lowest BCUT2D eigenvalue weighted by Gasteiger charge is -2.38. The van der Waals surface area contributed by atoms with Crippen molar-refractivity contribution in [1.29, 1.82) is 0 Å². The number of sulfone groups is 1. The number of halogens is 9. The van der Waals surface area contributed by atoms with Crippen molar-refractivity contribution < 1.29 is 39.2 Å². The van der Waals surface area contributed by atoms with Gasteiger partial charge in [0.1, 0.15) is 4.75 Å². The highest BCUT2D eigenvalue weighted by molar-refractivity contribution is 9.12. The van der Waals surface area contributed by atoms with Crippen molar-refractivity contribution >= 4 is 41.7 Å². The first-order valence-corrected chi connectivity index (χ1v) is 10.3. The van der Waals surface area contributed by atoms with Crippen molar-refractivity contribution in [2.24, 2.45) is 0 Å². The fourth-order valence-electron chi connectivity index (χ4n) is 2.68. The first-order valence-electron chi connectivity index (χ1n) is 7.25. The van der Waals surface area contributed by atoms with Gasteiger partial charge in [0.25, 0.3) is 0 Å². The molecule has 2 nitrogen and oxygen atoms in total. The molecule has 155 valence electrons. The maximum absolute atomic E-state index is 14.4. The molecule has 1 aromatic carbocycles. The maximum Gasteiger partial charge on any atom is 0.461 e. The lowest BCUT2D eigenvalue weighted by molar-refractivity contribution is -0.332. The highest BCUT2D eigenvalue weighted by Crippen LogP contribution is 2.56. The van der Waals surface area contributed by atoms with E-state index in [2.05, 4.69) is 31.9 Å². The van der Waals surface area contributed by atoms with E-state index >= 15 is 0 Å². The smallest absolute Gasteiger partial charge is 0.221 e. The Labute approximate surface area is 172 Å². The van der Waals surface area contributed by atoms with Gasteiger partial charge in [0.2, 0.25) is 9.84 Å². The molecule has 0 heterocycles. The summed E-state index contributed by atoms with van der Waals surface area (Å²) >= 11 is 5.78. The molecular weight excluding hydrogens is 549 g/mol. The number of rotatable bonds is 4. The molecule has 0 aromatic heterocycles. The number of benzene rings is 1. The van der Waals surface area contributed by atoms with Gasteiger partial charge in [-0.2, -0.15) is 30.7 Å². The van der Waals surface area contributed by atoms with Crippen molar-refractivity contribution in [3.05, 3.63) is 62.9 Å². The van der Waals surface area contributed by atoms with Crippen LogP contribution >= 0.6 is 31.9 Å². The Hall–Kier alpha value is -0.880. The number of hydrogen-bond acceptors (Lipinski definition) is 2. The summed E-state index contributed by atoms with van der Waals surface area (Å²) in [5.74, 6) is -6.82. The monoisotopic (exact) mass is 557 g/mol. The minimum absolute atomic E-state index is 0.0900. The molecule has 28 heavy (non-hydrogen) atoms. The average molecular weight is 559 g/mol. The fourth-order valence-corrected chi connectivity index (χ4v) is 6.46. The zero-order chi connectivity index (χ0) is 21.8. The summed E-state index contributed by atoms with van der Waals surface area (Å²) in [5.41, 5.74) is -0.304. The molecule has 0 atom stereocenters. The fraction of sp³-hybridized carbons (Fsp3) is 0.312. The molecule has 0 N–H and O–H groups in total. The quantitative estimate of drug-likeness (QED) is 0.414. The van der Waals surface area contributed by atoms with Gasteiger partial charge in [0.15, 0.2) is 0 Å². The molecule has 0 fully saturated rings. The van der Waals surface area contributed by atoms with Crippen LogP contribution in [0.15, 0.2) is 45.4 Å². The van der Waals surface area contributed by atoms with Gasteiger partial charge in [-0.1, -0.05) is 56.1 Å². The van der Waals surface area contributed by atoms with Gasteiger partial charge < -0.3 is 0 Å². The van der Waals surface area contributed by atoms with E-state index in [-0.39, 0.29) is 14.5 Å². The van der Waals surface area contributed by atoms with Crippen LogP contribution in [0.3, 0.4) is 0 Å². The summed E-state index contributed by atoms with van der Waals surface area (Å²) < 4.78 is 116. The van der Waals surface area contributed by atoms with Crippen LogP contribution in [0.5, 0.6) is 0 Å². The summed E-state index contributed by atoms with van der Waals surface area (Å²) in [6, 6.07) is 5.05. The predicted molar refractivity (Wildman–Crippen MR) is 96.0 cm³/mol. The first kappa shape index (κ1) is 23.4. The van der Waals surface area contributed by atoms with E-state index in [0.29, 0.717) is 12.2 Å². The Balaban J connectivity index is 2.94. The third-order valence-electron chi connectivity index (χ3n) is 4.05. The predicted octanol–water partition coefficient (Wildman–Crippen LogP) is 6.17. The van der Waals surface area contributed by atoms with Crippen LogP contribution in [0.25, 0.3) is 0 Å². The molecule has 0 bridgehead atoms. The molecule has 0 saturated heterocycles. The molecule has 0 unspecified atom stereocenters. The van der Waals surface area contributed by atoms with Gasteiger partial charge in [-0.25, -0.2) is 8.42 Å². The summed E-state index contributed by atoms with van der Waals surface area (Å²) in [7, 11) is -6.54. The minimum Gasteiger partial charge on any atom is -0.221 e. The normalized spacial score (nSPS) is 18.5. The van der Waals surface area contributed by atoms with Crippen LogP contribution in [0.2, 0.25) is 0 Å². The van der Waals surface area contributed by atoms with Crippen LogP contribution < -0.4 is 0 Å². The summed E-state index contributed by atoms with van der Waals surface area (Å²) in [5, 5.41) is -6.47. The molecule has 1 radical (unpaired) electrons. The van der Waals surface area contributed by atoms with Gasteiger partial charge in [0.05, 0.1) is 0 Å². The SMILES string of the molecule is Cc1ccccc1C1(S(=O)(=O)C(F)(F)C(F)(F)C(F)(F)F)C=C(Br)[CH]C(Br)=C1. The molecule has 1 aromatic rings. The standard InChI is InChI=1S/C16H10Br2F7O2S/c1-9-4-2-3-5-12(9)13(7-10(17)6-11(18)8-13)28(26,27)16(24,25)14(19,20)15(21,22)23/h2-8H,1H3. The summed E-state index contributed by atoms with van der Waals surface area (Å²) in [6.07, 6.45) is -4.27. The van der Waals surface area contributed by atoms with Crippen LogP contribution in [0, 0.1) is 13.3 Å². The molecule has 0 aliphatic heterocycles. The van der Waals surface area contributed by atoms with Crippen LogP contribution in [-0.2, 0) is 14.6 Å². The molecule has 0 spiro atoms. The number of hydrogen-bond donors (Lipinski definition) is 0. The van der Waals surface area contributed by atoms with Crippen molar-refractivity contribution in [3.63, 3.8) is 0 Å². The summed E-state index contributed by atoms with van der Waals surface area (Å²) in [6.45, 7) is 1.31. The molecule has 2 rings (SSSR count). The number of allylic oxidation sites excluding steroid dienone is 2. The van der Waals surface area contributed by atoms with E-state index in [0.717, 1.165) is 6.07 Å². The molecular formula is C16H10Br2F7O2S. The first-order chi connectivity index (χ1) is 12.5. The van der Waals surface area contributed by atoms with E-state index < -0.39 is 37.5 Å². The second-order valence-corrected chi connectivity index (χ2v) is 9.93. The van der Waals surface area contributed by atoms with Crippen molar-refractivity contribution in [2.45, 2.75) is 29.0 Å². The summed E-state index contributed by atoms with van der Waals surface area (Å²) in [4.78, 5) is 0. The Morgan fingerprint density at radius 2 is 1.36 bits per heavy atom. The lowest BCUT2D eigenvalue weighted by Crippen LogP contribution is -2.60.